The third-order valence-electron chi connectivity index (χ3n) is 4.30. The molecule has 10 nitrogen and oxygen atoms in total. The van der Waals surface area contributed by atoms with Gasteiger partial charge in [0, 0.05) is 5.92 Å². The van der Waals surface area contributed by atoms with Crippen LogP contribution in [0, 0.1) is 5.92 Å². The van der Waals surface area contributed by atoms with Gasteiger partial charge >= 0.3 is 0 Å². The third-order valence-corrected chi connectivity index (χ3v) is 4.30. The topological polar surface area (TPSA) is 157 Å². The fourth-order valence-corrected chi connectivity index (χ4v) is 3.01. The Balaban J connectivity index is 1.97. The number of aromatic amines is 1. The van der Waals surface area contributed by atoms with Gasteiger partial charge in [-0.1, -0.05) is 6.92 Å². The summed E-state index contributed by atoms with van der Waals surface area (Å²) in [7, 11) is 0. The maximum atomic E-state index is 11.8. The van der Waals surface area contributed by atoms with E-state index in [1.165, 1.54) is 0 Å². The van der Waals surface area contributed by atoms with Crippen molar-refractivity contribution >= 4 is 17.5 Å². The summed E-state index contributed by atoms with van der Waals surface area (Å²) in [6, 6.07) is 0. The molecule has 22 heavy (non-hydrogen) atoms. The summed E-state index contributed by atoms with van der Waals surface area (Å²) >= 11 is 0. The molecular weight excluding hydrogens is 294 g/mol. The summed E-state index contributed by atoms with van der Waals surface area (Å²) in [5.74, 6) is -0.134. The van der Waals surface area contributed by atoms with E-state index in [0.29, 0.717) is 5.82 Å². The van der Waals surface area contributed by atoms with Crippen LogP contribution in [0.15, 0.2) is 4.79 Å². The molecule has 2 aliphatic heterocycles. The van der Waals surface area contributed by atoms with Crippen molar-refractivity contribution in [3.63, 3.8) is 0 Å². The second-order valence-electron chi connectivity index (χ2n) is 5.65. The Hall–Kier alpha value is -1.88. The van der Waals surface area contributed by atoms with Gasteiger partial charge in [0.1, 0.15) is 17.5 Å². The van der Waals surface area contributed by atoms with Gasteiger partial charge in [-0.3, -0.25) is 9.78 Å². The smallest absolute Gasteiger partial charge is 0.277 e. The molecule has 1 aromatic heterocycles. The highest BCUT2D eigenvalue weighted by Gasteiger charge is 2.55. The number of aliphatic hydroxyl groups excluding tert-OH is 3. The minimum absolute atomic E-state index is 0.0285. The number of hydrogen-bond donors (Lipinski definition) is 6. The zero-order valence-electron chi connectivity index (χ0n) is 12.0. The normalized spacial score (nSPS) is 29.5. The number of nitrogens with one attached hydrogen (secondary N) is 2. The lowest BCUT2D eigenvalue weighted by molar-refractivity contribution is -0.135. The lowest BCUT2D eigenvalue weighted by atomic mass is 9.92. The lowest BCUT2D eigenvalue weighted by Crippen LogP contribution is -2.48. The SMILES string of the molecule is C[C@@H]1[C@H](N2CNc3c2nc(N)[nH]c3=O)OC(CO)(CO)[C@H]1O. The number of hydrogen-bond acceptors (Lipinski definition) is 9. The van der Waals surface area contributed by atoms with E-state index in [4.69, 9.17) is 10.5 Å². The molecule has 0 spiro atoms. The summed E-state index contributed by atoms with van der Waals surface area (Å²) in [6.45, 7) is 0.926. The highest BCUT2D eigenvalue weighted by atomic mass is 16.6. The maximum Gasteiger partial charge on any atom is 0.277 e. The first kappa shape index (κ1) is 15.0. The Morgan fingerprint density at radius 3 is 2.77 bits per heavy atom. The Kier molecular flexibility index (Phi) is 3.48. The molecule has 3 atom stereocenters. The highest BCUT2D eigenvalue weighted by molar-refractivity contribution is 5.71. The van der Waals surface area contributed by atoms with Crippen LogP contribution in [0.3, 0.4) is 0 Å². The molecule has 1 fully saturated rings. The number of ether oxygens (including phenoxy) is 1. The van der Waals surface area contributed by atoms with E-state index >= 15 is 0 Å². The van der Waals surface area contributed by atoms with Crippen molar-refractivity contribution in [2.75, 3.05) is 35.8 Å². The number of anilines is 3. The van der Waals surface area contributed by atoms with Crippen LogP contribution in [0.1, 0.15) is 6.92 Å². The fraction of sp³-hybridized carbons (Fsp3) is 0.667. The van der Waals surface area contributed by atoms with Gasteiger partial charge in [-0.05, 0) is 0 Å². The number of aromatic nitrogens is 2. The minimum Gasteiger partial charge on any atom is -0.393 e. The molecule has 7 N–H and O–H groups in total. The molecule has 0 bridgehead atoms. The first-order chi connectivity index (χ1) is 10.4. The van der Waals surface area contributed by atoms with Crippen molar-refractivity contribution in [1.82, 2.24) is 9.97 Å². The van der Waals surface area contributed by atoms with Crippen LogP contribution in [-0.2, 0) is 4.74 Å². The van der Waals surface area contributed by atoms with Gasteiger partial charge in [-0.2, -0.15) is 4.98 Å². The van der Waals surface area contributed by atoms with Gasteiger partial charge in [0.05, 0.1) is 26.0 Å². The highest BCUT2D eigenvalue weighted by Crippen LogP contribution is 2.40. The van der Waals surface area contributed by atoms with Gasteiger partial charge in [0.25, 0.3) is 5.56 Å². The summed E-state index contributed by atoms with van der Waals surface area (Å²) in [6.07, 6.45) is -1.73. The molecule has 3 heterocycles. The van der Waals surface area contributed by atoms with Crippen LogP contribution < -0.4 is 21.5 Å². The molecule has 1 saturated heterocycles. The molecule has 0 saturated carbocycles. The average Bonchev–Trinajstić information content (AvgIpc) is 3.01. The maximum absolute atomic E-state index is 11.8. The molecule has 10 heteroatoms. The van der Waals surface area contributed by atoms with E-state index in [-0.39, 0.29) is 18.3 Å². The molecule has 0 amide bonds. The molecule has 0 aliphatic carbocycles. The summed E-state index contributed by atoms with van der Waals surface area (Å²) < 4.78 is 5.74. The van der Waals surface area contributed by atoms with Crippen molar-refractivity contribution in [2.45, 2.75) is 24.9 Å². The molecule has 0 aromatic carbocycles. The number of nitrogens with two attached hydrogens (primary N) is 1. The second kappa shape index (κ2) is 5.09. The number of fused-ring (bicyclic) bond motifs is 1. The van der Waals surface area contributed by atoms with Gasteiger partial charge in [-0.25, -0.2) is 0 Å². The van der Waals surface area contributed by atoms with Crippen LogP contribution in [-0.4, -0.2) is 63.1 Å². The molecule has 2 aliphatic rings. The van der Waals surface area contributed by atoms with Crippen molar-refractivity contribution in [2.24, 2.45) is 5.92 Å². The number of rotatable bonds is 3. The van der Waals surface area contributed by atoms with Gasteiger partial charge < -0.3 is 36.0 Å². The van der Waals surface area contributed by atoms with Gasteiger partial charge in [0.2, 0.25) is 5.95 Å². The van der Waals surface area contributed by atoms with E-state index in [2.05, 4.69) is 15.3 Å². The van der Waals surface area contributed by atoms with Crippen molar-refractivity contribution < 1.29 is 20.1 Å². The fourth-order valence-electron chi connectivity index (χ4n) is 3.01. The molecule has 1 aromatic rings. The quantitative estimate of drug-likeness (QED) is 0.358. The number of nitrogen functional groups attached to an aromatic ring is 1. The van der Waals surface area contributed by atoms with Gasteiger partial charge in [-0.15, -0.1) is 0 Å². The Morgan fingerprint density at radius 1 is 1.50 bits per heavy atom. The van der Waals surface area contributed by atoms with E-state index < -0.39 is 42.6 Å². The first-order valence-electron chi connectivity index (χ1n) is 6.91. The van der Waals surface area contributed by atoms with Gasteiger partial charge in [0.15, 0.2) is 5.82 Å². The van der Waals surface area contributed by atoms with E-state index in [0.717, 1.165) is 0 Å². The number of nitrogens with zero attached hydrogens (tertiary/aromatic N) is 2. The molecule has 0 radical (unpaired) electrons. The molecule has 122 valence electrons. The zero-order valence-corrected chi connectivity index (χ0v) is 12.0. The Morgan fingerprint density at radius 2 is 2.18 bits per heavy atom. The monoisotopic (exact) mass is 313 g/mol. The molecule has 0 unspecified atom stereocenters. The van der Waals surface area contributed by atoms with E-state index in [1.54, 1.807) is 11.8 Å². The van der Waals surface area contributed by atoms with Crippen LogP contribution in [0.2, 0.25) is 0 Å². The number of aliphatic hydroxyl groups is 3. The third kappa shape index (κ3) is 1.96. The zero-order chi connectivity index (χ0) is 16.1. The number of H-pyrrole nitrogens is 1. The average molecular weight is 313 g/mol. The van der Waals surface area contributed by atoms with Crippen LogP contribution >= 0.6 is 0 Å². The first-order valence-corrected chi connectivity index (χ1v) is 6.91. The Bertz CT molecular complexity index is 631. The van der Waals surface area contributed by atoms with Crippen LogP contribution in [0.4, 0.5) is 17.5 Å². The van der Waals surface area contributed by atoms with Crippen molar-refractivity contribution in [1.29, 1.82) is 0 Å². The largest absolute Gasteiger partial charge is 0.393 e. The van der Waals surface area contributed by atoms with E-state index in [1.807, 2.05) is 0 Å². The minimum atomic E-state index is -1.44. The van der Waals surface area contributed by atoms with Crippen molar-refractivity contribution in [3.8, 4) is 0 Å². The van der Waals surface area contributed by atoms with E-state index in [9.17, 15) is 20.1 Å². The lowest BCUT2D eigenvalue weighted by Gasteiger charge is -2.30. The Labute approximate surface area is 125 Å². The van der Waals surface area contributed by atoms with Crippen LogP contribution in [0.25, 0.3) is 0 Å². The predicted octanol–water partition coefficient (Wildman–Crippen LogP) is -2.38. The standard InChI is InChI=1S/C12H19N5O5/c1-5-7(20)12(2-18,3-19)22-10(5)17-4-14-6-8(17)15-11(13)16-9(6)21/h5,7,10,14,18-20H,2-4H2,1H3,(H3,13,15,16,21)/t5-,7-,10+/m0/s1. The predicted molar refractivity (Wildman–Crippen MR) is 77.2 cm³/mol. The van der Waals surface area contributed by atoms with Crippen LogP contribution in [0.5, 0.6) is 0 Å². The molecular formula is C12H19N5O5. The summed E-state index contributed by atoms with van der Waals surface area (Å²) in [5.41, 5.74) is 4.00. The second-order valence-corrected chi connectivity index (χ2v) is 5.65. The summed E-state index contributed by atoms with van der Waals surface area (Å²) in [4.78, 5) is 20.0. The molecule has 3 rings (SSSR count). The summed E-state index contributed by atoms with van der Waals surface area (Å²) in [5, 5.41) is 32.1. The van der Waals surface area contributed by atoms with Crippen molar-refractivity contribution in [3.05, 3.63) is 10.4 Å².